The fourth-order valence-electron chi connectivity index (χ4n) is 3.59. The standard InChI is InChI=1S/C21H25N3O6S/c1-23(17-7-3-2-4-8-17)31(28,29)18-13-11-16(12-14-18)22-21(25)15-30-20-10-6-5-9-19(20)24(26)27/h5-6,9-14,17H,2-4,7-8,15H2,1H3,(H,22,25). The first-order chi connectivity index (χ1) is 14.8. The highest BCUT2D eigenvalue weighted by Gasteiger charge is 2.29. The highest BCUT2D eigenvalue weighted by molar-refractivity contribution is 7.89. The van der Waals surface area contributed by atoms with Crippen molar-refractivity contribution in [2.75, 3.05) is 19.0 Å². The SMILES string of the molecule is CN(C1CCCCC1)S(=O)(=O)c1ccc(NC(=O)COc2ccccc2[N+](=O)[O-])cc1. The van der Waals surface area contributed by atoms with Gasteiger partial charge in [-0.15, -0.1) is 0 Å². The van der Waals surface area contributed by atoms with E-state index in [4.69, 9.17) is 4.74 Å². The summed E-state index contributed by atoms with van der Waals surface area (Å²) in [6.45, 7) is -0.421. The Hall–Kier alpha value is -2.98. The first-order valence-corrected chi connectivity index (χ1v) is 11.5. The van der Waals surface area contributed by atoms with Crippen LogP contribution >= 0.6 is 0 Å². The van der Waals surface area contributed by atoms with Crippen molar-refractivity contribution in [3.05, 3.63) is 58.6 Å². The number of nitrogens with one attached hydrogen (secondary N) is 1. The van der Waals surface area contributed by atoms with E-state index in [1.807, 2.05) is 0 Å². The molecule has 10 heteroatoms. The van der Waals surface area contributed by atoms with Gasteiger partial charge in [-0.25, -0.2) is 8.42 Å². The number of nitrogens with zero attached hydrogens (tertiary/aromatic N) is 2. The molecule has 0 saturated heterocycles. The Morgan fingerprint density at radius 2 is 1.77 bits per heavy atom. The number of nitro benzene ring substituents is 1. The molecule has 1 amide bonds. The molecule has 2 aromatic rings. The van der Waals surface area contributed by atoms with Gasteiger partial charge in [-0.3, -0.25) is 14.9 Å². The van der Waals surface area contributed by atoms with Gasteiger partial charge in [0.05, 0.1) is 9.82 Å². The van der Waals surface area contributed by atoms with Crippen LogP contribution in [0, 0.1) is 10.1 Å². The molecule has 0 bridgehead atoms. The van der Waals surface area contributed by atoms with Crippen molar-refractivity contribution in [2.24, 2.45) is 0 Å². The van der Waals surface area contributed by atoms with Gasteiger partial charge in [0, 0.05) is 24.8 Å². The number of ether oxygens (including phenoxy) is 1. The average Bonchev–Trinajstić information content (AvgIpc) is 2.78. The van der Waals surface area contributed by atoms with Crippen LogP contribution in [0.5, 0.6) is 5.75 Å². The number of hydrogen-bond acceptors (Lipinski definition) is 6. The van der Waals surface area contributed by atoms with E-state index in [2.05, 4.69) is 5.32 Å². The highest BCUT2D eigenvalue weighted by Crippen LogP contribution is 2.27. The molecule has 1 aliphatic rings. The Morgan fingerprint density at radius 3 is 2.42 bits per heavy atom. The van der Waals surface area contributed by atoms with Crippen molar-refractivity contribution >= 4 is 27.3 Å². The Bertz CT molecular complexity index is 1030. The predicted molar refractivity (Wildman–Crippen MR) is 115 cm³/mol. The third kappa shape index (κ3) is 5.59. The van der Waals surface area contributed by atoms with E-state index >= 15 is 0 Å². The number of para-hydroxylation sites is 2. The molecule has 1 N–H and O–H groups in total. The van der Waals surface area contributed by atoms with E-state index in [0.29, 0.717) is 5.69 Å². The van der Waals surface area contributed by atoms with Crippen LogP contribution in [-0.2, 0) is 14.8 Å². The van der Waals surface area contributed by atoms with Crippen LogP contribution in [-0.4, -0.2) is 43.2 Å². The van der Waals surface area contributed by atoms with Crippen LogP contribution in [0.15, 0.2) is 53.4 Å². The molecule has 0 aliphatic heterocycles. The number of hydrogen-bond donors (Lipinski definition) is 1. The lowest BCUT2D eigenvalue weighted by molar-refractivity contribution is -0.385. The number of carbonyl (C=O) groups excluding carboxylic acids is 1. The van der Waals surface area contributed by atoms with Gasteiger partial charge in [-0.1, -0.05) is 31.4 Å². The summed E-state index contributed by atoms with van der Waals surface area (Å²) in [6.07, 6.45) is 4.93. The molecule has 0 spiro atoms. The van der Waals surface area contributed by atoms with Crippen molar-refractivity contribution in [2.45, 2.75) is 43.0 Å². The zero-order valence-corrected chi connectivity index (χ0v) is 18.0. The van der Waals surface area contributed by atoms with Crippen LogP contribution < -0.4 is 10.1 Å². The normalized spacial score (nSPS) is 14.9. The number of anilines is 1. The summed E-state index contributed by atoms with van der Waals surface area (Å²) in [5, 5.41) is 13.6. The van der Waals surface area contributed by atoms with Gasteiger partial charge in [0.2, 0.25) is 10.0 Å². The molecule has 0 heterocycles. The van der Waals surface area contributed by atoms with Crippen LogP contribution in [0.25, 0.3) is 0 Å². The Balaban J connectivity index is 1.60. The third-order valence-corrected chi connectivity index (χ3v) is 7.25. The number of carbonyl (C=O) groups is 1. The molecule has 1 aliphatic carbocycles. The summed E-state index contributed by atoms with van der Waals surface area (Å²) < 4.78 is 32.4. The number of sulfonamides is 1. The van der Waals surface area contributed by atoms with E-state index in [1.165, 1.54) is 46.8 Å². The van der Waals surface area contributed by atoms with Gasteiger partial charge in [-0.05, 0) is 43.2 Å². The van der Waals surface area contributed by atoms with Crippen molar-refractivity contribution < 1.29 is 22.9 Å². The summed E-state index contributed by atoms with van der Waals surface area (Å²) in [5.74, 6) is -0.525. The Morgan fingerprint density at radius 1 is 1.13 bits per heavy atom. The minimum atomic E-state index is -3.61. The number of nitro groups is 1. The van der Waals surface area contributed by atoms with Crippen LogP contribution in [0.3, 0.4) is 0 Å². The topological polar surface area (TPSA) is 119 Å². The van der Waals surface area contributed by atoms with Crippen LogP contribution in [0.1, 0.15) is 32.1 Å². The zero-order valence-electron chi connectivity index (χ0n) is 17.2. The maximum absolute atomic E-state index is 12.9. The smallest absolute Gasteiger partial charge is 0.310 e. The molecular formula is C21H25N3O6S. The van der Waals surface area contributed by atoms with Gasteiger partial charge >= 0.3 is 5.69 Å². The van der Waals surface area contributed by atoms with E-state index in [1.54, 1.807) is 13.1 Å². The fraction of sp³-hybridized carbons (Fsp3) is 0.381. The predicted octanol–water partition coefficient (Wildman–Crippen LogP) is 3.57. The van der Waals surface area contributed by atoms with Gasteiger partial charge in [0.15, 0.2) is 12.4 Å². The highest BCUT2D eigenvalue weighted by atomic mass is 32.2. The fourth-order valence-corrected chi connectivity index (χ4v) is 5.00. The second-order valence-corrected chi connectivity index (χ2v) is 9.40. The molecule has 3 rings (SSSR count). The molecule has 1 fully saturated rings. The molecule has 0 unspecified atom stereocenters. The van der Waals surface area contributed by atoms with Gasteiger partial charge in [0.1, 0.15) is 0 Å². The van der Waals surface area contributed by atoms with Crippen molar-refractivity contribution in [3.63, 3.8) is 0 Å². The first kappa shape index (κ1) is 22.7. The van der Waals surface area contributed by atoms with E-state index < -0.39 is 27.5 Å². The van der Waals surface area contributed by atoms with Crippen molar-refractivity contribution in [1.29, 1.82) is 0 Å². The first-order valence-electron chi connectivity index (χ1n) is 10.0. The molecule has 0 atom stereocenters. The molecule has 2 aromatic carbocycles. The largest absolute Gasteiger partial charge is 0.477 e. The van der Waals surface area contributed by atoms with Gasteiger partial charge in [-0.2, -0.15) is 4.31 Å². The van der Waals surface area contributed by atoms with E-state index in [-0.39, 0.29) is 22.4 Å². The number of benzene rings is 2. The Labute approximate surface area is 181 Å². The molecule has 1 saturated carbocycles. The molecule has 9 nitrogen and oxygen atoms in total. The maximum atomic E-state index is 12.9. The lowest BCUT2D eigenvalue weighted by Gasteiger charge is -2.30. The maximum Gasteiger partial charge on any atom is 0.310 e. The van der Waals surface area contributed by atoms with Gasteiger partial charge in [0.25, 0.3) is 5.91 Å². The number of rotatable bonds is 8. The summed E-state index contributed by atoms with van der Waals surface area (Å²) in [5.41, 5.74) is 0.169. The molecule has 0 aromatic heterocycles. The summed E-state index contributed by atoms with van der Waals surface area (Å²) in [6, 6.07) is 11.7. The Kier molecular flexibility index (Phi) is 7.24. The average molecular weight is 448 g/mol. The summed E-state index contributed by atoms with van der Waals surface area (Å²) >= 11 is 0. The minimum absolute atomic E-state index is 0.00478. The van der Waals surface area contributed by atoms with Crippen LogP contribution in [0.4, 0.5) is 11.4 Å². The van der Waals surface area contributed by atoms with Crippen molar-refractivity contribution in [3.8, 4) is 5.75 Å². The van der Waals surface area contributed by atoms with E-state index in [0.717, 1.165) is 32.1 Å². The van der Waals surface area contributed by atoms with Gasteiger partial charge < -0.3 is 10.1 Å². The molecular weight excluding hydrogens is 422 g/mol. The minimum Gasteiger partial charge on any atom is -0.477 e. The molecule has 0 radical (unpaired) electrons. The lowest BCUT2D eigenvalue weighted by atomic mass is 9.96. The monoisotopic (exact) mass is 447 g/mol. The van der Waals surface area contributed by atoms with Crippen LogP contribution in [0.2, 0.25) is 0 Å². The summed E-state index contributed by atoms with van der Waals surface area (Å²) in [4.78, 5) is 22.7. The lowest BCUT2D eigenvalue weighted by Crippen LogP contribution is -2.38. The second kappa shape index (κ2) is 9.88. The van der Waals surface area contributed by atoms with E-state index in [9.17, 15) is 23.3 Å². The molecule has 31 heavy (non-hydrogen) atoms. The molecule has 166 valence electrons. The third-order valence-electron chi connectivity index (χ3n) is 5.32. The summed E-state index contributed by atoms with van der Waals surface area (Å²) in [7, 11) is -2.00. The second-order valence-electron chi connectivity index (χ2n) is 7.40. The zero-order chi connectivity index (χ0) is 22.4. The number of amides is 1. The quantitative estimate of drug-likeness (QED) is 0.488. The van der Waals surface area contributed by atoms with Crippen molar-refractivity contribution in [1.82, 2.24) is 4.31 Å².